The number of carbonyl (C=O) groups is 1. The van der Waals surface area contributed by atoms with Crippen molar-refractivity contribution in [2.45, 2.75) is 38.3 Å². The predicted octanol–water partition coefficient (Wildman–Crippen LogP) is 4.08. The van der Waals surface area contributed by atoms with Crippen LogP contribution in [0.2, 0.25) is 0 Å². The number of benzene rings is 2. The second-order valence-electron chi connectivity index (χ2n) is 8.49. The number of hydrogen-bond donors (Lipinski definition) is 0. The topological polar surface area (TPSA) is 71.7 Å². The van der Waals surface area contributed by atoms with Crippen molar-refractivity contribution >= 4 is 11.6 Å². The molecular weight excluding hydrogens is 423 g/mol. The van der Waals surface area contributed by atoms with E-state index in [0.717, 1.165) is 30.7 Å². The summed E-state index contributed by atoms with van der Waals surface area (Å²) < 4.78 is 24.2. The van der Waals surface area contributed by atoms with E-state index < -0.39 is 0 Å². The molecule has 1 aromatic heterocycles. The van der Waals surface area contributed by atoms with Crippen molar-refractivity contribution < 1.29 is 18.4 Å². The standard InChI is InChI=1S/C25H29FN4O3/c1-29(2)21-11-5-18(6-12-21)16-30(17-22-4-3-15-32-22)24(31)14-13-23-27-25(28-33-23)19-7-9-20(26)10-8-19/h5-12,22H,3-4,13-17H2,1-2H3. The molecule has 33 heavy (non-hydrogen) atoms. The van der Waals surface area contributed by atoms with Crippen LogP contribution in [0.4, 0.5) is 10.1 Å². The van der Waals surface area contributed by atoms with Gasteiger partial charge < -0.3 is 19.1 Å². The summed E-state index contributed by atoms with van der Waals surface area (Å²) in [6, 6.07) is 14.1. The third-order valence-electron chi connectivity index (χ3n) is 5.75. The van der Waals surface area contributed by atoms with Gasteiger partial charge in [0.1, 0.15) is 5.82 Å². The van der Waals surface area contributed by atoms with Crippen LogP contribution < -0.4 is 4.90 Å². The molecule has 174 valence electrons. The van der Waals surface area contributed by atoms with Crippen molar-refractivity contribution in [2.75, 3.05) is 32.1 Å². The predicted molar refractivity (Wildman–Crippen MR) is 123 cm³/mol. The van der Waals surface area contributed by atoms with Crippen molar-refractivity contribution in [2.24, 2.45) is 0 Å². The zero-order valence-electron chi connectivity index (χ0n) is 19.0. The maximum absolute atomic E-state index is 13.1. The average Bonchev–Trinajstić information content (AvgIpc) is 3.50. The second-order valence-corrected chi connectivity index (χ2v) is 8.49. The van der Waals surface area contributed by atoms with Gasteiger partial charge in [-0.05, 0) is 54.8 Å². The van der Waals surface area contributed by atoms with Crippen LogP contribution >= 0.6 is 0 Å². The molecule has 3 aromatic rings. The maximum Gasteiger partial charge on any atom is 0.227 e. The Morgan fingerprint density at radius 2 is 1.88 bits per heavy atom. The Hall–Kier alpha value is -3.26. The first-order chi connectivity index (χ1) is 16.0. The molecule has 0 spiro atoms. The molecule has 0 saturated carbocycles. The summed E-state index contributed by atoms with van der Waals surface area (Å²) in [7, 11) is 4.00. The maximum atomic E-state index is 13.1. The fourth-order valence-corrected chi connectivity index (χ4v) is 3.85. The Kier molecular flexibility index (Phi) is 7.34. The molecule has 0 N–H and O–H groups in total. The molecule has 7 nitrogen and oxygen atoms in total. The third-order valence-corrected chi connectivity index (χ3v) is 5.75. The van der Waals surface area contributed by atoms with E-state index in [-0.39, 0.29) is 24.2 Å². The lowest BCUT2D eigenvalue weighted by atomic mass is 10.1. The number of carbonyl (C=O) groups excluding carboxylic acids is 1. The van der Waals surface area contributed by atoms with Crippen molar-refractivity contribution in [3.05, 3.63) is 65.8 Å². The third kappa shape index (κ3) is 6.16. The second kappa shape index (κ2) is 10.6. The highest BCUT2D eigenvalue weighted by molar-refractivity contribution is 5.76. The summed E-state index contributed by atoms with van der Waals surface area (Å²) >= 11 is 0. The van der Waals surface area contributed by atoms with Crippen LogP contribution in [0.1, 0.15) is 30.7 Å². The molecule has 1 aliphatic heterocycles. The minimum Gasteiger partial charge on any atom is -0.378 e. The van der Waals surface area contributed by atoms with E-state index in [4.69, 9.17) is 9.26 Å². The van der Waals surface area contributed by atoms with Crippen molar-refractivity contribution in [3.63, 3.8) is 0 Å². The van der Waals surface area contributed by atoms with Crippen LogP contribution in [-0.2, 0) is 22.5 Å². The highest BCUT2D eigenvalue weighted by atomic mass is 19.1. The fourth-order valence-electron chi connectivity index (χ4n) is 3.85. The summed E-state index contributed by atoms with van der Waals surface area (Å²) in [4.78, 5) is 21.4. The number of aromatic nitrogens is 2. The van der Waals surface area contributed by atoms with E-state index in [1.54, 1.807) is 12.1 Å². The number of hydrogen-bond acceptors (Lipinski definition) is 6. The number of aryl methyl sites for hydroxylation is 1. The minimum absolute atomic E-state index is 0.0173. The number of ether oxygens (including phenoxy) is 1. The first-order valence-corrected chi connectivity index (χ1v) is 11.2. The average molecular weight is 453 g/mol. The van der Waals surface area contributed by atoms with Gasteiger partial charge in [-0.3, -0.25) is 4.79 Å². The molecule has 0 radical (unpaired) electrons. The Bertz CT molecular complexity index is 1040. The lowest BCUT2D eigenvalue weighted by Crippen LogP contribution is -2.37. The molecule has 0 bridgehead atoms. The Morgan fingerprint density at radius 1 is 1.12 bits per heavy atom. The molecule has 1 atom stereocenters. The first kappa shape index (κ1) is 22.9. The quantitative estimate of drug-likeness (QED) is 0.487. The summed E-state index contributed by atoms with van der Waals surface area (Å²) in [5, 5.41) is 3.95. The summed E-state index contributed by atoms with van der Waals surface area (Å²) in [5.41, 5.74) is 2.85. The molecule has 1 unspecified atom stereocenters. The lowest BCUT2D eigenvalue weighted by Gasteiger charge is -2.26. The zero-order chi connectivity index (χ0) is 23.2. The minimum atomic E-state index is -0.323. The molecule has 1 saturated heterocycles. The number of anilines is 1. The monoisotopic (exact) mass is 452 g/mol. The molecule has 1 aliphatic rings. The van der Waals surface area contributed by atoms with Crippen LogP contribution in [0.3, 0.4) is 0 Å². The van der Waals surface area contributed by atoms with Crippen LogP contribution in [-0.4, -0.2) is 54.3 Å². The fraction of sp³-hybridized carbons (Fsp3) is 0.400. The normalized spacial score (nSPS) is 15.5. The summed E-state index contributed by atoms with van der Waals surface area (Å²) in [5.74, 6) is 0.462. The highest BCUT2D eigenvalue weighted by Gasteiger charge is 2.23. The smallest absolute Gasteiger partial charge is 0.227 e. The van der Waals surface area contributed by atoms with Crippen molar-refractivity contribution in [3.8, 4) is 11.4 Å². The molecule has 1 amide bonds. The Balaban J connectivity index is 1.39. The van der Waals surface area contributed by atoms with Gasteiger partial charge in [0.15, 0.2) is 0 Å². The Morgan fingerprint density at radius 3 is 2.55 bits per heavy atom. The largest absolute Gasteiger partial charge is 0.378 e. The van der Waals surface area contributed by atoms with Gasteiger partial charge in [-0.25, -0.2) is 4.39 Å². The summed E-state index contributed by atoms with van der Waals surface area (Å²) in [6.07, 6.45) is 2.66. The van der Waals surface area contributed by atoms with E-state index in [9.17, 15) is 9.18 Å². The van der Waals surface area contributed by atoms with E-state index in [1.165, 1.54) is 12.1 Å². The van der Waals surface area contributed by atoms with Crippen LogP contribution in [0, 0.1) is 5.82 Å². The van der Waals surface area contributed by atoms with Crippen LogP contribution in [0.15, 0.2) is 53.1 Å². The molecule has 1 fully saturated rings. The van der Waals surface area contributed by atoms with Gasteiger partial charge in [0, 0.05) is 57.9 Å². The van der Waals surface area contributed by atoms with Crippen LogP contribution in [0.25, 0.3) is 11.4 Å². The highest BCUT2D eigenvalue weighted by Crippen LogP contribution is 2.20. The zero-order valence-corrected chi connectivity index (χ0v) is 19.0. The summed E-state index contributed by atoms with van der Waals surface area (Å²) in [6.45, 7) is 1.84. The van der Waals surface area contributed by atoms with E-state index >= 15 is 0 Å². The molecule has 4 rings (SSSR count). The van der Waals surface area contributed by atoms with Crippen LogP contribution in [0.5, 0.6) is 0 Å². The molecule has 2 aromatic carbocycles. The van der Waals surface area contributed by atoms with Gasteiger partial charge in [0.2, 0.25) is 17.6 Å². The van der Waals surface area contributed by atoms with Gasteiger partial charge in [-0.15, -0.1) is 0 Å². The van der Waals surface area contributed by atoms with E-state index in [0.29, 0.717) is 36.8 Å². The first-order valence-electron chi connectivity index (χ1n) is 11.2. The van der Waals surface area contributed by atoms with E-state index in [1.807, 2.05) is 23.9 Å². The molecule has 2 heterocycles. The number of rotatable bonds is 9. The Labute approximate surface area is 193 Å². The van der Waals surface area contributed by atoms with Gasteiger partial charge in [0.05, 0.1) is 6.10 Å². The van der Waals surface area contributed by atoms with Crippen molar-refractivity contribution in [1.29, 1.82) is 0 Å². The lowest BCUT2D eigenvalue weighted by molar-refractivity contribution is -0.133. The molecule has 0 aliphatic carbocycles. The number of halogens is 1. The SMILES string of the molecule is CN(C)c1ccc(CN(CC2CCCO2)C(=O)CCc2nc(-c3ccc(F)cc3)no2)cc1. The number of amides is 1. The van der Waals surface area contributed by atoms with Crippen molar-refractivity contribution in [1.82, 2.24) is 15.0 Å². The van der Waals surface area contributed by atoms with Gasteiger partial charge >= 0.3 is 0 Å². The molecular formula is C25H29FN4O3. The number of nitrogens with zero attached hydrogens (tertiary/aromatic N) is 4. The van der Waals surface area contributed by atoms with Gasteiger partial charge in [-0.1, -0.05) is 17.3 Å². The van der Waals surface area contributed by atoms with Gasteiger partial charge in [0.25, 0.3) is 0 Å². The van der Waals surface area contributed by atoms with Gasteiger partial charge in [-0.2, -0.15) is 4.98 Å². The molecule has 8 heteroatoms. The van der Waals surface area contributed by atoms with E-state index in [2.05, 4.69) is 34.4 Å².